The number of primary amides is 1. The van der Waals surface area contributed by atoms with Crippen molar-refractivity contribution in [1.29, 1.82) is 0 Å². The van der Waals surface area contributed by atoms with E-state index in [2.05, 4.69) is 15.5 Å². The number of benzene rings is 1. The summed E-state index contributed by atoms with van der Waals surface area (Å²) in [5.74, 6) is -0.400. The second kappa shape index (κ2) is 4.69. The zero-order valence-electron chi connectivity index (χ0n) is 9.42. The van der Waals surface area contributed by atoms with Crippen molar-refractivity contribution in [3.8, 4) is 0 Å². The van der Waals surface area contributed by atoms with Gasteiger partial charge < -0.3 is 11.1 Å². The molecule has 0 aliphatic heterocycles. The molecule has 0 bridgehead atoms. The molecule has 1 aromatic carbocycles. The Kier molecular flexibility index (Phi) is 3.21. The number of nitrogens with zero attached hydrogens (tertiary/aromatic N) is 1. The van der Waals surface area contributed by atoms with Gasteiger partial charge in [0.15, 0.2) is 0 Å². The molecule has 1 amide bonds. The molecule has 4 N–H and O–H groups in total. The quantitative estimate of drug-likeness (QED) is 0.721. The number of hydrogen-bond acceptors (Lipinski definition) is 5. The molecule has 0 radical (unpaired) electrons. The summed E-state index contributed by atoms with van der Waals surface area (Å²) >= 11 is 0. The Labute approximate surface area is 107 Å². The van der Waals surface area contributed by atoms with E-state index in [4.69, 9.17) is 5.73 Å². The van der Waals surface area contributed by atoms with Gasteiger partial charge in [-0.2, -0.15) is 13.5 Å². The predicted octanol–water partition coefficient (Wildman–Crippen LogP) is 0.910. The van der Waals surface area contributed by atoms with Gasteiger partial charge >= 0.3 is 10.2 Å². The van der Waals surface area contributed by atoms with E-state index in [0.717, 1.165) is 12.1 Å². The monoisotopic (exact) mass is 284 g/mol. The summed E-state index contributed by atoms with van der Waals surface area (Å²) in [5.41, 5.74) is 5.72. The summed E-state index contributed by atoms with van der Waals surface area (Å²) in [7, 11) is -4.73. The highest BCUT2D eigenvalue weighted by atomic mass is 32.3. The third kappa shape index (κ3) is 2.88. The van der Waals surface area contributed by atoms with Crippen LogP contribution in [0.1, 0.15) is 10.4 Å². The molecule has 0 fully saturated rings. The van der Waals surface area contributed by atoms with Gasteiger partial charge in [-0.05, 0) is 24.3 Å². The van der Waals surface area contributed by atoms with Gasteiger partial charge in [-0.1, -0.05) is 0 Å². The van der Waals surface area contributed by atoms with Crippen molar-refractivity contribution >= 4 is 27.6 Å². The van der Waals surface area contributed by atoms with Crippen LogP contribution in [0.5, 0.6) is 0 Å². The van der Waals surface area contributed by atoms with E-state index in [1.54, 1.807) is 0 Å². The molecule has 9 heteroatoms. The Morgan fingerprint density at radius 3 is 2.47 bits per heavy atom. The minimum absolute atomic E-state index is 0.155. The lowest BCUT2D eigenvalue weighted by Crippen LogP contribution is -2.11. The fraction of sp³-hybridized carbons (Fsp3) is 0. The number of aromatic nitrogens is 2. The Morgan fingerprint density at radius 2 is 1.95 bits per heavy atom. The van der Waals surface area contributed by atoms with E-state index in [0.29, 0.717) is 5.69 Å². The highest BCUT2D eigenvalue weighted by Gasteiger charge is 2.13. The van der Waals surface area contributed by atoms with Crippen LogP contribution in [0, 0.1) is 0 Å². The average molecular weight is 284 g/mol. The van der Waals surface area contributed by atoms with E-state index in [-0.39, 0.29) is 11.4 Å². The number of hydrogen-bond donors (Lipinski definition) is 3. The summed E-state index contributed by atoms with van der Waals surface area (Å²) in [5, 5.41) is 8.95. The second-order valence-electron chi connectivity index (χ2n) is 3.61. The smallest absolute Gasteiger partial charge is 0.332 e. The highest BCUT2D eigenvalue weighted by molar-refractivity contribution is 7.86. The lowest BCUT2D eigenvalue weighted by Gasteiger charge is -2.05. The molecule has 0 aliphatic carbocycles. The topological polar surface area (TPSA) is 118 Å². The lowest BCUT2D eigenvalue weighted by atomic mass is 10.3. The van der Waals surface area contributed by atoms with Gasteiger partial charge in [-0.15, -0.1) is 3.89 Å². The van der Waals surface area contributed by atoms with Crippen LogP contribution in [0.15, 0.2) is 35.4 Å². The number of nitrogens with one attached hydrogen (secondary N) is 2. The maximum Gasteiger partial charge on any atom is 0.332 e. The van der Waals surface area contributed by atoms with Gasteiger partial charge in [-0.25, -0.2) is 0 Å². The summed E-state index contributed by atoms with van der Waals surface area (Å²) in [6.07, 6.45) is 1.26. The first-order chi connectivity index (χ1) is 8.88. The molecule has 1 heterocycles. The maximum atomic E-state index is 12.7. The SMILES string of the molecule is NC(=O)c1cn[nH]c1Nc1ccc(S(=O)(=O)F)cc1. The van der Waals surface area contributed by atoms with Crippen LogP contribution in [0.4, 0.5) is 15.4 Å². The van der Waals surface area contributed by atoms with Crippen LogP contribution in [-0.2, 0) is 10.2 Å². The normalized spacial score (nSPS) is 11.2. The lowest BCUT2D eigenvalue weighted by molar-refractivity contribution is 0.100. The van der Waals surface area contributed by atoms with Crippen molar-refractivity contribution in [1.82, 2.24) is 10.2 Å². The zero-order valence-corrected chi connectivity index (χ0v) is 10.2. The Hall–Kier alpha value is -2.42. The fourth-order valence-corrected chi connectivity index (χ4v) is 1.87. The molecule has 0 unspecified atom stereocenters. The van der Waals surface area contributed by atoms with E-state index in [1.165, 1.54) is 18.3 Å². The molecule has 0 aliphatic rings. The number of aromatic amines is 1. The molecular formula is C10H9FN4O3S. The molecule has 0 atom stereocenters. The van der Waals surface area contributed by atoms with E-state index < -0.39 is 21.0 Å². The fourth-order valence-electron chi connectivity index (χ4n) is 1.41. The van der Waals surface area contributed by atoms with Gasteiger partial charge in [0, 0.05) is 5.69 Å². The Balaban J connectivity index is 2.25. The van der Waals surface area contributed by atoms with Gasteiger partial charge in [0.25, 0.3) is 5.91 Å². The molecular weight excluding hydrogens is 275 g/mol. The number of rotatable bonds is 4. The first-order valence-corrected chi connectivity index (χ1v) is 6.41. The van der Waals surface area contributed by atoms with E-state index >= 15 is 0 Å². The minimum atomic E-state index is -4.73. The van der Waals surface area contributed by atoms with Crippen molar-refractivity contribution in [2.75, 3.05) is 5.32 Å². The average Bonchev–Trinajstić information content (AvgIpc) is 2.77. The number of amides is 1. The van der Waals surface area contributed by atoms with Gasteiger partial charge in [-0.3, -0.25) is 9.89 Å². The van der Waals surface area contributed by atoms with Crippen molar-refractivity contribution < 1.29 is 17.1 Å². The first kappa shape index (κ1) is 13.0. The summed E-state index contributed by atoms with van der Waals surface area (Å²) < 4.78 is 34.0. The predicted molar refractivity (Wildman–Crippen MR) is 65.1 cm³/mol. The molecule has 7 nitrogen and oxygen atoms in total. The second-order valence-corrected chi connectivity index (χ2v) is 4.96. The highest BCUT2D eigenvalue weighted by Crippen LogP contribution is 2.20. The van der Waals surface area contributed by atoms with Crippen LogP contribution in [0.25, 0.3) is 0 Å². The van der Waals surface area contributed by atoms with Gasteiger partial charge in [0.2, 0.25) is 0 Å². The molecule has 0 saturated heterocycles. The molecule has 2 rings (SSSR count). The Bertz CT molecular complexity index is 709. The van der Waals surface area contributed by atoms with Crippen molar-refractivity contribution in [3.63, 3.8) is 0 Å². The van der Waals surface area contributed by atoms with Gasteiger partial charge in [0.1, 0.15) is 11.4 Å². The number of halogens is 1. The number of nitrogens with two attached hydrogens (primary N) is 1. The number of carbonyl (C=O) groups is 1. The van der Waals surface area contributed by atoms with Crippen LogP contribution in [0.3, 0.4) is 0 Å². The zero-order chi connectivity index (χ0) is 14.0. The Morgan fingerprint density at radius 1 is 1.32 bits per heavy atom. The van der Waals surface area contributed by atoms with Gasteiger partial charge in [0.05, 0.1) is 11.1 Å². The largest absolute Gasteiger partial charge is 0.365 e. The van der Waals surface area contributed by atoms with Crippen molar-refractivity contribution in [2.24, 2.45) is 5.73 Å². The molecule has 19 heavy (non-hydrogen) atoms. The van der Waals surface area contributed by atoms with Crippen molar-refractivity contribution in [2.45, 2.75) is 4.90 Å². The van der Waals surface area contributed by atoms with Crippen LogP contribution in [0.2, 0.25) is 0 Å². The van der Waals surface area contributed by atoms with Crippen LogP contribution in [-0.4, -0.2) is 24.5 Å². The number of H-pyrrole nitrogens is 1. The van der Waals surface area contributed by atoms with Crippen LogP contribution >= 0.6 is 0 Å². The molecule has 1 aromatic heterocycles. The first-order valence-electron chi connectivity index (χ1n) is 5.03. The number of anilines is 2. The maximum absolute atomic E-state index is 12.7. The number of carbonyl (C=O) groups excluding carboxylic acids is 1. The molecule has 2 aromatic rings. The standard InChI is InChI=1S/C10H9FN4O3S/c11-19(17,18)7-3-1-6(2-4-7)14-10-8(9(12)16)5-13-15-10/h1-5H,(H2,12,16)(H2,13,14,15). The van der Waals surface area contributed by atoms with Crippen molar-refractivity contribution in [3.05, 3.63) is 36.0 Å². The molecule has 0 saturated carbocycles. The summed E-state index contributed by atoms with van der Waals surface area (Å²) in [4.78, 5) is 10.6. The molecule has 100 valence electrons. The summed E-state index contributed by atoms with van der Waals surface area (Å²) in [6, 6.07) is 4.88. The van der Waals surface area contributed by atoms with Crippen LogP contribution < -0.4 is 11.1 Å². The minimum Gasteiger partial charge on any atom is -0.365 e. The van der Waals surface area contributed by atoms with E-state index in [1.807, 2.05) is 0 Å². The van der Waals surface area contributed by atoms with E-state index in [9.17, 15) is 17.1 Å². The third-order valence-electron chi connectivity index (χ3n) is 2.31. The third-order valence-corrected chi connectivity index (χ3v) is 3.15. The molecule has 0 spiro atoms. The summed E-state index contributed by atoms with van der Waals surface area (Å²) in [6.45, 7) is 0.